The van der Waals surface area contributed by atoms with Crippen molar-refractivity contribution in [1.82, 2.24) is 15.5 Å². The molecule has 0 spiro atoms. The second-order valence-electron chi connectivity index (χ2n) is 6.67. The molecule has 0 aromatic heterocycles. The van der Waals surface area contributed by atoms with E-state index in [1.807, 2.05) is 7.05 Å². The van der Waals surface area contributed by atoms with Gasteiger partial charge in [-0.15, -0.1) is 24.0 Å². The van der Waals surface area contributed by atoms with Gasteiger partial charge in [0.1, 0.15) is 0 Å². The van der Waals surface area contributed by atoms with Gasteiger partial charge in [0.25, 0.3) is 0 Å². The van der Waals surface area contributed by atoms with Crippen LogP contribution in [0.1, 0.15) is 43.4 Å². The second-order valence-corrected chi connectivity index (χ2v) is 6.67. The molecule has 1 aromatic rings. The van der Waals surface area contributed by atoms with Gasteiger partial charge in [-0.3, -0.25) is 9.89 Å². The number of nitrogens with one attached hydrogen (secondary N) is 2. The molecule has 6 heteroatoms. The zero-order valence-electron chi connectivity index (χ0n) is 16.5. The molecule has 0 saturated carbocycles. The molecular weight excluding hydrogens is 439 g/mol. The summed E-state index contributed by atoms with van der Waals surface area (Å²) in [5, 5.41) is 6.94. The summed E-state index contributed by atoms with van der Waals surface area (Å²) < 4.78 is 5.53. The lowest BCUT2D eigenvalue weighted by molar-refractivity contribution is 0.0170. The highest BCUT2D eigenvalue weighted by molar-refractivity contribution is 14.0. The van der Waals surface area contributed by atoms with Gasteiger partial charge in [0, 0.05) is 33.2 Å². The number of aliphatic imine (C=N–C) groups is 1. The monoisotopic (exact) mass is 474 g/mol. The maximum absolute atomic E-state index is 5.53. The Morgan fingerprint density at radius 2 is 2.00 bits per heavy atom. The third-order valence-electron chi connectivity index (χ3n) is 4.67. The molecule has 148 valence electrons. The molecule has 26 heavy (non-hydrogen) atoms. The third-order valence-corrected chi connectivity index (χ3v) is 4.67. The molecule has 1 saturated heterocycles. The Balaban J connectivity index is 0.00000338. The van der Waals surface area contributed by atoms with Gasteiger partial charge in [0.2, 0.25) is 0 Å². The van der Waals surface area contributed by atoms with Gasteiger partial charge >= 0.3 is 0 Å². The van der Waals surface area contributed by atoms with Crippen LogP contribution in [0.15, 0.2) is 29.3 Å². The van der Waals surface area contributed by atoms with E-state index in [1.54, 1.807) is 0 Å². The van der Waals surface area contributed by atoms with Crippen LogP contribution >= 0.6 is 24.0 Å². The van der Waals surface area contributed by atoms with Crippen LogP contribution in [0.4, 0.5) is 0 Å². The molecule has 0 amide bonds. The minimum Gasteiger partial charge on any atom is -0.379 e. The van der Waals surface area contributed by atoms with Gasteiger partial charge in [-0.05, 0) is 18.9 Å². The Morgan fingerprint density at radius 3 is 2.65 bits per heavy atom. The zero-order chi connectivity index (χ0) is 17.9. The summed E-state index contributed by atoms with van der Waals surface area (Å²) in [5.74, 6) is 0.891. The van der Waals surface area contributed by atoms with Gasteiger partial charge in [0.05, 0.1) is 19.3 Å². The van der Waals surface area contributed by atoms with Crippen molar-refractivity contribution in [3.8, 4) is 0 Å². The van der Waals surface area contributed by atoms with Crippen LogP contribution in [0.5, 0.6) is 0 Å². The molecular formula is C20H35IN4O. The fourth-order valence-electron chi connectivity index (χ4n) is 3.22. The number of aryl methyl sites for hydroxylation is 1. The first-order valence-electron chi connectivity index (χ1n) is 9.57. The van der Waals surface area contributed by atoms with Crippen molar-refractivity contribution in [2.45, 2.75) is 39.2 Å². The number of unbranched alkanes of at least 4 members (excludes halogenated alkanes) is 2. The van der Waals surface area contributed by atoms with E-state index in [4.69, 9.17) is 4.74 Å². The highest BCUT2D eigenvalue weighted by atomic mass is 127. The van der Waals surface area contributed by atoms with Crippen LogP contribution < -0.4 is 10.6 Å². The van der Waals surface area contributed by atoms with Crippen LogP contribution in [-0.2, 0) is 4.74 Å². The van der Waals surface area contributed by atoms with Gasteiger partial charge in [-0.1, -0.05) is 49.6 Å². The minimum atomic E-state index is 0. The Labute approximate surface area is 176 Å². The highest BCUT2D eigenvalue weighted by Gasteiger charge is 2.22. The summed E-state index contributed by atoms with van der Waals surface area (Å²) in [6, 6.07) is 9.15. The summed E-state index contributed by atoms with van der Waals surface area (Å²) in [4.78, 5) is 6.87. The first-order chi connectivity index (χ1) is 12.2. The van der Waals surface area contributed by atoms with Crippen LogP contribution in [0.3, 0.4) is 0 Å². The molecule has 1 atom stereocenters. The number of benzene rings is 1. The molecule has 2 N–H and O–H groups in total. The average molecular weight is 474 g/mol. The van der Waals surface area contributed by atoms with Crippen molar-refractivity contribution in [3.63, 3.8) is 0 Å². The lowest BCUT2D eigenvalue weighted by atomic mass is 10.0. The fraction of sp³-hybridized carbons (Fsp3) is 0.650. The highest BCUT2D eigenvalue weighted by Crippen LogP contribution is 2.22. The van der Waals surface area contributed by atoms with E-state index < -0.39 is 0 Å². The van der Waals surface area contributed by atoms with Crippen molar-refractivity contribution in [2.75, 3.05) is 46.4 Å². The molecule has 1 aromatic carbocycles. The molecule has 2 rings (SSSR count). The topological polar surface area (TPSA) is 48.9 Å². The summed E-state index contributed by atoms with van der Waals surface area (Å²) in [6.07, 6.45) is 3.67. The molecule has 1 aliphatic rings. The van der Waals surface area contributed by atoms with Gasteiger partial charge in [-0.25, -0.2) is 0 Å². The van der Waals surface area contributed by atoms with Gasteiger partial charge in [0.15, 0.2) is 5.96 Å². The van der Waals surface area contributed by atoms with E-state index in [0.717, 1.165) is 45.4 Å². The van der Waals surface area contributed by atoms with Crippen LogP contribution in [0, 0.1) is 6.92 Å². The number of hydrogen-bond donors (Lipinski definition) is 2. The SMILES string of the molecule is CCCCCNC(=NC)NCC(c1cccc(C)c1)N1CCOCC1.I. The lowest BCUT2D eigenvalue weighted by Crippen LogP contribution is -2.46. The third kappa shape index (κ3) is 7.80. The molecule has 0 aliphatic carbocycles. The Morgan fingerprint density at radius 1 is 1.23 bits per heavy atom. The van der Waals surface area contributed by atoms with Crippen LogP contribution in [-0.4, -0.2) is 57.3 Å². The number of halogens is 1. The summed E-state index contributed by atoms with van der Waals surface area (Å²) in [6.45, 7) is 9.77. The van der Waals surface area contributed by atoms with Crippen LogP contribution in [0.2, 0.25) is 0 Å². The Bertz CT molecular complexity index is 532. The molecule has 1 heterocycles. The number of ether oxygens (including phenoxy) is 1. The maximum Gasteiger partial charge on any atom is 0.191 e. The summed E-state index contributed by atoms with van der Waals surface area (Å²) >= 11 is 0. The van der Waals surface area contributed by atoms with Crippen molar-refractivity contribution in [1.29, 1.82) is 0 Å². The number of rotatable bonds is 8. The molecule has 0 bridgehead atoms. The summed E-state index contributed by atoms with van der Waals surface area (Å²) in [5.41, 5.74) is 2.66. The van der Waals surface area contributed by atoms with E-state index >= 15 is 0 Å². The first-order valence-corrected chi connectivity index (χ1v) is 9.57. The van der Waals surface area contributed by atoms with Gasteiger partial charge in [-0.2, -0.15) is 0 Å². The largest absolute Gasteiger partial charge is 0.379 e. The van der Waals surface area contributed by atoms with Crippen molar-refractivity contribution < 1.29 is 4.74 Å². The molecule has 0 radical (unpaired) electrons. The molecule has 1 unspecified atom stereocenters. The number of guanidine groups is 1. The number of hydrogen-bond acceptors (Lipinski definition) is 3. The van der Waals surface area contributed by atoms with Crippen molar-refractivity contribution in [3.05, 3.63) is 35.4 Å². The second kappa shape index (κ2) is 13.3. The van der Waals surface area contributed by atoms with E-state index in [2.05, 4.69) is 58.6 Å². The predicted octanol–water partition coefficient (Wildman–Crippen LogP) is 3.34. The lowest BCUT2D eigenvalue weighted by Gasteiger charge is -2.35. The first kappa shape index (κ1) is 23.2. The number of morpholine rings is 1. The fourth-order valence-corrected chi connectivity index (χ4v) is 3.22. The predicted molar refractivity (Wildman–Crippen MR) is 121 cm³/mol. The normalized spacial score (nSPS) is 16.7. The standard InChI is InChI=1S/C20H34N4O.HI/c1-4-5-6-10-22-20(21-3)23-16-19(24-11-13-25-14-12-24)18-9-7-8-17(2)15-18;/h7-9,15,19H,4-6,10-14,16H2,1-3H3,(H2,21,22,23);1H. The molecule has 5 nitrogen and oxygen atoms in total. The van der Waals surface area contributed by atoms with E-state index in [1.165, 1.54) is 30.4 Å². The van der Waals surface area contributed by atoms with Gasteiger partial charge < -0.3 is 15.4 Å². The Hall–Kier alpha value is -0.860. The molecule has 1 fully saturated rings. The number of nitrogens with zero attached hydrogens (tertiary/aromatic N) is 2. The maximum atomic E-state index is 5.53. The minimum absolute atomic E-state index is 0. The van der Waals surface area contributed by atoms with E-state index in [-0.39, 0.29) is 24.0 Å². The van der Waals surface area contributed by atoms with E-state index in [0.29, 0.717) is 6.04 Å². The van der Waals surface area contributed by atoms with Crippen molar-refractivity contribution >= 4 is 29.9 Å². The average Bonchev–Trinajstić information content (AvgIpc) is 2.64. The quantitative estimate of drug-likeness (QED) is 0.263. The van der Waals surface area contributed by atoms with Crippen molar-refractivity contribution in [2.24, 2.45) is 4.99 Å². The van der Waals surface area contributed by atoms with Crippen LogP contribution in [0.25, 0.3) is 0 Å². The summed E-state index contributed by atoms with van der Waals surface area (Å²) in [7, 11) is 1.84. The Kier molecular flexibility index (Phi) is 11.9. The molecule has 1 aliphatic heterocycles. The zero-order valence-corrected chi connectivity index (χ0v) is 18.8. The smallest absolute Gasteiger partial charge is 0.191 e. The van der Waals surface area contributed by atoms with E-state index in [9.17, 15) is 0 Å².